The molecule has 0 unspecified atom stereocenters. The second kappa shape index (κ2) is 9.19. The lowest BCUT2D eigenvalue weighted by Gasteiger charge is -2.33. The van der Waals surface area contributed by atoms with Crippen molar-refractivity contribution in [3.8, 4) is 0 Å². The highest BCUT2D eigenvalue weighted by Crippen LogP contribution is 2.30. The van der Waals surface area contributed by atoms with Crippen LogP contribution in [0.1, 0.15) is 45.4 Å². The number of nitrogens with zero attached hydrogens (tertiary/aromatic N) is 2. The summed E-state index contributed by atoms with van der Waals surface area (Å²) >= 11 is 0. The Morgan fingerprint density at radius 2 is 1.85 bits per heavy atom. The Balaban J connectivity index is 2.18. The number of likely N-dealkylation sites (N-methyl/N-ethyl adjacent to an activating group) is 1. The lowest BCUT2D eigenvalue weighted by atomic mass is 9.83. The maximum atomic E-state index is 10.9. The zero-order valence-electron chi connectivity index (χ0n) is 12.9. The van der Waals surface area contributed by atoms with Gasteiger partial charge >= 0.3 is 6.09 Å². The number of aliphatic hydroxyl groups is 1. The molecule has 0 aromatic heterocycles. The standard InChI is InChI=1S/C15H30N2O3/c1-3-17(11-12-18)10-4-5-13-6-8-14(9-7-13)16(2)15(19)20/h13-14,18H,3-12H2,1-2H3,(H,19,20). The number of rotatable bonds is 8. The fourth-order valence-electron chi connectivity index (χ4n) is 3.15. The van der Waals surface area contributed by atoms with Gasteiger partial charge in [-0.2, -0.15) is 0 Å². The van der Waals surface area contributed by atoms with Crippen LogP contribution in [0.3, 0.4) is 0 Å². The smallest absolute Gasteiger partial charge is 0.407 e. The topological polar surface area (TPSA) is 64.0 Å². The molecule has 0 radical (unpaired) electrons. The van der Waals surface area contributed by atoms with Crippen molar-refractivity contribution in [1.29, 1.82) is 0 Å². The summed E-state index contributed by atoms with van der Waals surface area (Å²) < 4.78 is 0. The van der Waals surface area contributed by atoms with E-state index in [-0.39, 0.29) is 12.6 Å². The third kappa shape index (κ3) is 5.67. The number of carboxylic acid groups (broad SMARTS) is 1. The van der Waals surface area contributed by atoms with Gasteiger partial charge in [-0.3, -0.25) is 0 Å². The molecule has 2 N–H and O–H groups in total. The minimum absolute atomic E-state index is 0.213. The molecular weight excluding hydrogens is 256 g/mol. The van der Waals surface area contributed by atoms with Gasteiger partial charge in [-0.25, -0.2) is 4.79 Å². The molecule has 5 heteroatoms. The molecule has 0 aromatic rings. The molecule has 0 spiro atoms. The van der Waals surface area contributed by atoms with Crippen molar-refractivity contribution in [2.45, 2.75) is 51.5 Å². The van der Waals surface area contributed by atoms with E-state index < -0.39 is 6.09 Å². The van der Waals surface area contributed by atoms with E-state index in [9.17, 15) is 4.79 Å². The molecule has 1 amide bonds. The molecule has 1 fully saturated rings. The molecule has 0 aliphatic heterocycles. The average molecular weight is 286 g/mol. The van der Waals surface area contributed by atoms with Crippen molar-refractivity contribution >= 4 is 6.09 Å². The van der Waals surface area contributed by atoms with Crippen LogP contribution in [0.25, 0.3) is 0 Å². The van der Waals surface area contributed by atoms with Gasteiger partial charge in [0.1, 0.15) is 0 Å². The first kappa shape index (κ1) is 17.2. The zero-order chi connectivity index (χ0) is 15.0. The first-order valence-corrected chi connectivity index (χ1v) is 7.87. The number of hydrogen-bond donors (Lipinski definition) is 2. The van der Waals surface area contributed by atoms with Gasteiger partial charge in [0, 0.05) is 19.6 Å². The maximum Gasteiger partial charge on any atom is 0.407 e. The molecule has 20 heavy (non-hydrogen) atoms. The fourth-order valence-corrected chi connectivity index (χ4v) is 3.15. The summed E-state index contributed by atoms with van der Waals surface area (Å²) in [6.45, 7) is 5.19. The third-order valence-corrected chi connectivity index (χ3v) is 4.62. The Labute approximate surface area is 122 Å². The molecule has 1 rings (SSSR count). The van der Waals surface area contributed by atoms with E-state index >= 15 is 0 Å². The number of hydrogen-bond acceptors (Lipinski definition) is 3. The fraction of sp³-hybridized carbons (Fsp3) is 0.933. The summed E-state index contributed by atoms with van der Waals surface area (Å²) in [6, 6.07) is 0.213. The first-order valence-electron chi connectivity index (χ1n) is 7.87. The summed E-state index contributed by atoms with van der Waals surface area (Å²) in [5, 5.41) is 17.9. The molecule has 0 saturated heterocycles. The zero-order valence-corrected chi connectivity index (χ0v) is 12.9. The van der Waals surface area contributed by atoms with E-state index in [0.717, 1.165) is 51.2 Å². The van der Waals surface area contributed by atoms with Crippen molar-refractivity contribution in [2.75, 3.05) is 33.3 Å². The third-order valence-electron chi connectivity index (χ3n) is 4.62. The Kier molecular flexibility index (Phi) is 7.92. The predicted molar refractivity (Wildman–Crippen MR) is 80.0 cm³/mol. The largest absolute Gasteiger partial charge is 0.465 e. The SMILES string of the molecule is CCN(CCO)CCCC1CCC(N(C)C(=O)O)CC1. The number of amides is 1. The lowest BCUT2D eigenvalue weighted by Crippen LogP contribution is -2.38. The second-order valence-electron chi connectivity index (χ2n) is 5.87. The molecule has 118 valence electrons. The Morgan fingerprint density at radius 3 is 2.35 bits per heavy atom. The normalized spacial score (nSPS) is 23.0. The number of aliphatic hydroxyl groups excluding tert-OH is 1. The summed E-state index contributed by atoms with van der Waals surface area (Å²) in [7, 11) is 1.68. The summed E-state index contributed by atoms with van der Waals surface area (Å²) in [5.41, 5.74) is 0. The van der Waals surface area contributed by atoms with E-state index in [2.05, 4.69) is 11.8 Å². The Hall–Kier alpha value is -0.810. The maximum absolute atomic E-state index is 10.9. The van der Waals surface area contributed by atoms with Gasteiger partial charge in [0.05, 0.1) is 6.61 Å². The molecule has 0 aromatic carbocycles. The van der Waals surface area contributed by atoms with Crippen LogP contribution in [0.4, 0.5) is 4.79 Å². The predicted octanol–water partition coefficient (Wildman–Crippen LogP) is 2.25. The molecule has 1 saturated carbocycles. The van der Waals surface area contributed by atoms with Gasteiger partial charge < -0.3 is 20.0 Å². The van der Waals surface area contributed by atoms with Crippen LogP contribution < -0.4 is 0 Å². The van der Waals surface area contributed by atoms with Gasteiger partial charge in [0.2, 0.25) is 0 Å². The second-order valence-corrected chi connectivity index (χ2v) is 5.87. The van der Waals surface area contributed by atoms with E-state index in [1.165, 1.54) is 17.7 Å². The van der Waals surface area contributed by atoms with Crippen LogP contribution in [0, 0.1) is 5.92 Å². The molecule has 1 aliphatic carbocycles. The Morgan fingerprint density at radius 1 is 1.20 bits per heavy atom. The van der Waals surface area contributed by atoms with E-state index in [1.807, 2.05) is 0 Å². The van der Waals surface area contributed by atoms with Gasteiger partial charge in [0.25, 0.3) is 0 Å². The quantitative estimate of drug-likeness (QED) is 0.718. The van der Waals surface area contributed by atoms with E-state index in [1.54, 1.807) is 7.05 Å². The van der Waals surface area contributed by atoms with Gasteiger partial charge in [-0.1, -0.05) is 6.92 Å². The van der Waals surface area contributed by atoms with Crippen LogP contribution in [0.2, 0.25) is 0 Å². The van der Waals surface area contributed by atoms with Crippen molar-refractivity contribution in [3.63, 3.8) is 0 Å². The Bertz CT molecular complexity index is 278. The molecule has 0 atom stereocenters. The molecule has 5 nitrogen and oxygen atoms in total. The summed E-state index contributed by atoms with van der Waals surface area (Å²) in [5.74, 6) is 0.751. The molecule has 1 aliphatic rings. The van der Waals surface area contributed by atoms with Crippen molar-refractivity contribution < 1.29 is 15.0 Å². The summed E-state index contributed by atoms with van der Waals surface area (Å²) in [4.78, 5) is 14.7. The minimum Gasteiger partial charge on any atom is -0.465 e. The highest BCUT2D eigenvalue weighted by molar-refractivity contribution is 5.64. The molecule has 0 bridgehead atoms. The van der Waals surface area contributed by atoms with Crippen LogP contribution in [-0.4, -0.2) is 65.4 Å². The first-order chi connectivity index (χ1) is 9.58. The van der Waals surface area contributed by atoms with Gasteiger partial charge in [-0.15, -0.1) is 0 Å². The van der Waals surface area contributed by atoms with Crippen LogP contribution >= 0.6 is 0 Å². The lowest BCUT2D eigenvalue weighted by molar-refractivity contribution is 0.117. The molecular formula is C15H30N2O3. The van der Waals surface area contributed by atoms with Crippen molar-refractivity contribution in [2.24, 2.45) is 5.92 Å². The monoisotopic (exact) mass is 286 g/mol. The van der Waals surface area contributed by atoms with Crippen molar-refractivity contribution in [1.82, 2.24) is 9.80 Å². The summed E-state index contributed by atoms with van der Waals surface area (Å²) in [6.07, 6.45) is 5.89. The van der Waals surface area contributed by atoms with Crippen LogP contribution in [0.15, 0.2) is 0 Å². The van der Waals surface area contributed by atoms with E-state index in [4.69, 9.17) is 10.2 Å². The minimum atomic E-state index is -0.809. The van der Waals surface area contributed by atoms with Crippen LogP contribution in [0.5, 0.6) is 0 Å². The highest BCUT2D eigenvalue weighted by atomic mass is 16.4. The van der Waals surface area contributed by atoms with E-state index in [0.29, 0.717) is 0 Å². The number of carbonyl (C=O) groups is 1. The van der Waals surface area contributed by atoms with Crippen molar-refractivity contribution in [3.05, 3.63) is 0 Å². The van der Waals surface area contributed by atoms with Gasteiger partial charge in [-0.05, 0) is 57.5 Å². The average Bonchev–Trinajstić information content (AvgIpc) is 2.46. The highest BCUT2D eigenvalue weighted by Gasteiger charge is 2.25. The van der Waals surface area contributed by atoms with Gasteiger partial charge in [0.15, 0.2) is 0 Å². The molecule has 0 heterocycles. The van der Waals surface area contributed by atoms with Crippen LogP contribution in [-0.2, 0) is 0 Å².